The van der Waals surface area contributed by atoms with Gasteiger partial charge in [-0.05, 0) is 25.8 Å². The van der Waals surface area contributed by atoms with Crippen LogP contribution in [0.15, 0.2) is 0 Å². The molecular weight excluding hydrogens is 150 g/mol. The van der Waals surface area contributed by atoms with Crippen molar-refractivity contribution in [2.45, 2.75) is 45.1 Å². The van der Waals surface area contributed by atoms with Crippen molar-refractivity contribution in [3.8, 4) is 0 Å². The molecule has 70 valence electrons. The minimum absolute atomic E-state index is 0.432. The lowest BCUT2D eigenvalue weighted by Crippen LogP contribution is -2.39. The first-order valence-electron chi connectivity index (χ1n) is 4.97. The van der Waals surface area contributed by atoms with E-state index in [-0.39, 0.29) is 0 Å². The van der Waals surface area contributed by atoms with Crippen LogP contribution in [0.25, 0.3) is 0 Å². The number of hydrogen-bond donors (Lipinski definition) is 1. The van der Waals surface area contributed by atoms with Gasteiger partial charge in [-0.25, -0.2) is 0 Å². The van der Waals surface area contributed by atoms with Gasteiger partial charge in [-0.1, -0.05) is 13.3 Å². The molecule has 2 unspecified atom stereocenters. The third kappa shape index (κ3) is 2.31. The summed E-state index contributed by atoms with van der Waals surface area (Å²) in [6.45, 7) is 2.21. The molecule has 1 aliphatic rings. The molecule has 1 saturated carbocycles. The van der Waals surface area contributed by atoms with Gasteiger partial charge in [0.25, 0.3) is 0 Å². The first-order valence-corrected chi connectivity index (χ1v) is 4.97. The molecule has 1 fully saturated rings. The lowest BCUT2D eigenvalue weighted by atomic mass is 9.81. The molecule has 2 atom stereocenters. The van der Waals surface area contributed by atoms with Gasteiger partial charge in [-0.15, -0.1) is 0 Å². The molecule has 1 rings (SSSR count). The Balaban J connectivity index is 2.44. The lowest BCUT2D eigenvalue weighted by Gasteiger charge is -2.30. The van der Waals surface area contributed by atoms with E-state index in [0.717, 1.165) is 25.2 Å². The fourth-order valence-corrected chi connectivity index (χ4v) is 2.12. The first-order chi connectivity index (χ1) is 5.77. The Hall–Kier alpha value is -0.370. The second-order valence-electron chi connectivity index (χ2n) is 3.73. The van der Waals surface area contributed by atoms with E-state index in [9.17, 15) is 4.79 Å². The van der Waals surface area contributed by atoms with Gasteiger partial charge < -0.3 is 5.32 Å². The predicted octanol–water partition coefficient (Wildman–Crippen LogP) is 1.74. The molecule has 0 spiro atoms. The molecule has 2 nitrogen and oxygen atoms in total. The summed E-state index contributed by atoms with van der Waals surface area (Å²) >= 11 is 0. The molecule has 0 radical (unpaired) electrons. The van der Waals surface area contributed by atoms with Crippen LogP contribution in [0, 0.1) is 5.92 Å². The van der Waals surface area contributed by atoms with Gasteiger partial charge in [-0.2, -0.15) is 0 Å². The first kappa shape index (κ1) is 9.72. The fourth-order valence-electron chi connectivity index (χ4n) is 2.12. The smallest absolute Gasteiger partial charge is 0.134 e. The number of hydrogen-bond acceptors (Lipinski definition) is 2. The highest BCUT2D eigenvalue weighted by atomic mass is 16.1. The average Bonchev–Trinajstić information content (AvgIpc) is 2.08. The van der Waals surface area contributed by atoms with Crippen LogP contribution in [0.3, 0.4) is 0 Å². The number of rotatable bonds is 3. The molecule has 2 heteroatoms. The molecule has 1 N–H and O–H groups in total. The van der Waals surface area contributed by atoms with Crippen LogP contribution in [0.5, 0.6) is 0 Å². The van der Waals surface area contributed by atoms with E-state index in [1.165, 1.54) is 12.8 Å². The lowest BCUT2D eigenvalue weighted by molar-refractivity contribution is -0.121. The standard InChI is InChI=1S/C10H19NO/c1-3-4-8-5-6-9(12)7-10(8)11-2/h8,10-11H,3-7H2,1-2H3. The molecule has 0 aromatic rings. The SMILES string of the molecule is CCCC1CCC(=O)CC1NC. The predicted molar refractivity (Wildman–Crippen MR) is 50.1 cm³/mol. The van der Waals surface area contributed by atoms with Gasteiger partial charge in [0.2, 0.25) is 0 Å². The monoisotopic (exact) mass is 169 g/mol. The molecule has 1 aliphatic carbocycles. The Morgan fingerprint density at radius 1 is 1.58 bits per heavy atom. The average molecular weight is 169 g/mol. The maximum Gasteiger partial charge on any atom is 0.134 e. The van der Waals surface area contributed by atoms with Crippen molar-refractivity contribution in [2.24, 2.45) is 5.92 Å². The number of ketones is 1. The summed E-state index contributed by atoms with van der Waals surface area (Å²) in [6, 6.07) is 0.450. The van der Waals surface area contributed by atoms with Crippen LogP contribution >= 0.6 is 0 Å². The molecule has 0 aromatic heterocycles. The van der Waals surface area contributed by atoms with Crippen molar-refractivity contribution >= 4 is 5.78 Å². The molecular formula is C10H19NO. The second-order valence-corrected chi connectivity index (χ2v) is 3.73. The van der Waals surface area contributed by atoms with Crippen LogP contribution in [-0.4, -0.2) is 18.9 Å². The van der Waals surface area contributed by atoms with Gasteiger partial charge in [0.05, 0.1) is 0 Å². The third-order valence-electron chi connectivity index (χ3n) is 2.84. The molecule has 0 amide bonds. The van der Waals surface area contributed by atoms with E-state index in [1.807, 2.05) is 7.05 Å². The van der Waals surface area contributed by atoms with Gasteiger partial charge >= 0.3 is 0 Å². The number of carbonyl (C=O) groups is 1. The van der Waals surface area contributed by atoms with E-state index in [1.54, 1.807) is 0 Å². The number of Topliss-reactive ketones (excluding diaryl/α,β-unsaturated/α-hetero) is 1. The van der Waals surface area contributed by atoms with Crippen molar-refractivity contribution in [1.29, 1.82) is 0 Å². The van der Waals surface area contributed by atoms with E-state index < -0.39 is 0 Å². The summed E-state index contributed by atoms with van der Waals surface area (Å²) in [7, 11) is 1.96. The van der Waals surface area contributed by atoms with E-state index in [0.29, 0.717) is 11.8 Å². The van der Waals surface area contributed by atoms with Crippen LogP contribution in [0.2, 0.25) is 0 Å². The van der Waals surface area contributed by atoms with Crippen LogP contribution in [0.4, 0.5) is 0 Å². The molecule has 0 saturated heterocycles. The summed E-state index contributed by atoms with van der Waals surface area (Å²) in [4.78, 5) is 11.1. The van der Waals surface area contributed by atoms with Crippen molar-refractivity contribution in [3.63, 3.8) is 0 Å². The van der Waals surface area contributed by atoms with Gasteiger partial charge in [0.15, 0.2) is 0 Å². The zero-order valence-electron chi connectivity index (χ0n) is 8.10. The minimum Gasteiger partial charge on any atom is -0.316 e. The second kappa shape index (κ2) is 4.61. The summed E-state index contributed by atoms with van der Waals surface area (Å²) in [6.07, 6.45) is 5.15. The Bertz CT molecular complexity index is 156. The Labute approximate surface area is 74.7 Å². The summed E-state index contributed by atoms with van der Waals surface area (Å²) in [5, 5.41) is 3.25. The highest BCUT2D eigenvalue weighted by Gasteiger charge is 2.26. The fraction of sp³-hybridized carbons (Fsp3) is 0.900. The van der Waals surface area contributed by atoms with Crippen LogP contribution in [0.1, 0.15) is 39.0 Å². The van der Waals surface area contributed by atoms with Crippen molar-refractivity contribution in [3.05, 3.63) is 0 Å². The molecule has 0 aromatic carbocycles. The summed E-state index contributed by atoms with van der Waals surface area (Å²) in [5.74, 6) is 1.17. The molecule has 0 bridgehead atoms. The Morgan fingerprint density at radius 2 is 2.33 bits per heavy atom. The summed E-state index contributed by atoms with van der Waals surface area (Å²) < 4.78 is 0. The third-order valence-corrected chi connectivity index (χ3v) is 2.84. The zero-order valence-corrected chi connectivity index (χ0v) is 8.10. The Kier molecular flexibility index (Phi) is 3.73. The Morgan fingerprint density at radius 3 is 2.92 bits per heavy atom. The van der Waals surface area contributed by atoms with Crippen molar-refractivity contribution < 1.29 is 4.79 Å². The van der Waals surface area contributed by atoms with Gasteiger partial charge in [0.1, 0.15) is 5.78 Å². The van der Waals surface area contributed by atoms with E-state index >= 15 is 0 Å². The molecule has 0 heterocycles. The van der Waals surface area contributed by atoms with Crippen molar-refractivity contribution in [2.75, 3.05) is 7.05 Å². The maximum absolute atomic E-state index is 11.1. The largest absolute Gasteiger partial charge is 0.316 e. The molecule has 12 heavy (non-hydrogen) atoms. The maximum atomic E-state index is 11.1. The molecule has 0 aliphatic heterocycles. The van der Waals surface area contributed by atoms with Gasteiger partial charge in [-0.3, -0.25) is 4.79 Å². The quantitative estimate of drug-likeness (QED) is 0.697. The highest BCUT2D eigenvalue weighted by Crippen LogP contribution is 2.25. The topological polar surface area (TPSA) is 29.1 Å². The van der Waals surface area contributed by atoms with Crippen LogP contribution in [-0.2, 0) is 4.79 Å². The minimum atomic E-state index is 0.432. The zero-order chi connectivity index (χ0) is 8.97. The van der Waals surface area contributed by atoms with Crippen LogP contribution < -0.4 is 5.32 Å². The number of nitrogens with one attached hydrogen (secondary N) is 1. The van der Waals surface area contributed by atoms with Crippen molar-refractivity contribution in [1.82, 2.24) is 5.32 Å². The van der Waals surface area contributed by atoms with E-state index in [2.05, 4.69) is 12.2 Å². The number of carbonyl (C=O) groups excluding carboxylic acids is 1. The van der Waals surface area contributed by atoms with Gasteiger partial charge in [0, 0.05) is 18.9 Å². The summed E-state index contributed by atoms with van der Waals surface area (Å²) in [5.41, 5.74) is 0. The van der Waals surface area contributed by atoms with E-state index in [4.69, 9.17) is 0 Å². The highest BCUT2D eigenvalue weighted by molar-refractivity contribution is 5.79. The normalized spacial score (nSPS) is 30.7.